The van der Waals surface area contributed by atoms with Crippen molar-refractivity contribution in [2.24, 2.45) is 4.99 Å². The molecule has 1 heterocycles. The number of halogens is 1. The first-order valence-electron chi connectivity index (χ1n) is 5.34. The van der Waals surface area contributed by atoms with Crippen molar-refractivity contribution >= 4 is 22.8 Å². The zero-order valence-corrected chi connectivity index (χ0v) is 9.97. The Morgan fingerprint density at radius 3 is 3.12 bits per heavy atom. The van der Waals surface area contributed by atoms with E-state index in [1.54, 1.807) is 6.07 Å². The summed E-state index contributed by atoms with van der Waals surface area (Å²) in [7, 11) is 0. The van der Waals surface area contributed by atoms with Crippen molar-refractivity contribution in [3.63, 3.8) is 0 Å². The summed E-state index contributed by atoms with van der Waals surface area (Å²) in [4.78, 5) is 14.8. The highest BCUT2D eigenvalue weighted by atomic mass is 32.2. The van der Waals surface area contributed by atoms with E-state index >= 15 is 0 Å². The van der Waals surface area contributed by atoms with E-state index in [0.717, 1.165) is 22.6 Å². The van der Waals surface area contributed by atoms with Crippen molar-refractivity contribution in [1.82, 2.24) is 0 Å². The number of carboxylic acids is 1. The molecule has 1 aliphatic heterocycles. The molecular weight excluding hydrogens is 241 g/mol. The van der Waals surface area contributed by atoms with Crippen molar-refractivity contribution in [3.05, 3.63) is 35.1 Å². The quantitative estimate of drug-likeness (QED) is 0.899. The van der Waals surface area contributed by atoms with Crippen LogP contribution in [0.2, 0.25) is 0 Å². The molecule has 0 atom stereocenters. The highest BCUT2D eigenvalue weighted by molar-refractivity contribution is 8.14. The van der Waals surface area contributed by atoms with Gasteiger partial charge in [0.2, 0.25) is 0 Å². The summed E-state index contributed by atoms with van der Waals surface area (Å²) in [6.45, 7) is 0.689. The first kappa shape index (κ1) is 12.1. The van der Waals surface area contributed by atoms with Gasteiger partial charge in [-0.3, -0.25) is 9.79 Å². The van der Waals surface area contributed by atoms with Crippen molar-refractivity contribution in [2.45, 2.75) is 12.8 Å². The average Bonchev–Trinajstić information content (AvgIpc) is 2.29. The van der Waals surface area contributed by atoms with Crippen LogP contribution in [0.1, 0.15) is 17.5 Å². The normalized spacial score (nSPS) is 14.1. The lowest BCUT2D eigenvalue weighted by atomic mass is 10.0. The van der Waals surface area contributed by atoms with E-state index in [9.17, 15) is 9.18 Å². The number of carboxylic acid groups (broad SMARTS) is 1. The van der Waals surface area contributed by atoms with Gasteiger partial charge in [0, 0.05) is 17.9 Å². The van der Waals surface area contributed by atoms with Crippen LogP contribution in [0.4, 0.5) is 4.39 Å². The maximum atomic E-state index is 13.2. The highest BCUT2D eigenvalue weighted by Crippen LogP contribution is 2.23. The Balaban J connectivity index is 2.11. The van der Waals surface area contributed by atoms with Gasteiger partial charge in [0.1, 0.15) is 5.82 Å². The van der Waals surface area contributed by atoms with Gasteiger partial charge in [0.25, 0.3) is 0 Å². The Labute approximate surface area is 103 Å². The molecule has 0 bridgehead atoms. The number of thioether (sulfide) groups is 1. The van der Waals surface area contributed by atoms with Gasteiger partial charge >= 0.3 is 5.97 Å². The smallest absolute Gasteiger partial charge is 0.304 e. The molecule has 5 heteroatoms. The standard InChI is InChI=1S/C12H12FNO2S/c13-9-2-1-8-3-5-14-12(10(8)7-9)17-6-4-11(15)16/h1-2,7H,3-6H2,(H,15,16). The molecule has 0 unspecified atom stereocenters. The lowest BCUT2D eigenvalue weighted by Gasteiger charge is -2.16. The Morgan fingerprint density at radius 2 is 2.35 bits per heavy atom. The molecule has 0 saturated carbocycles. The molecule has 1 aliphatic rings. The molecule has 0 amide bonds. The molecule has 90 valence electrons. The zero-order valence-electron chi connectivity index (χ0n) is 9.15. The monoisotopic (exact) mass is 253 g/mol. The minimum absolute atomic E-state index is 0.0916. The molecule has 0 radical (unpaired) electrons. The molecule has 0 aliphatic carbocycles. The third-order valence-corrected chi connectivity index (χ3v) is 3.52. The number of carbonyl (C=O) groups is 1. The lowest BCUT2D eigenvalue weighted by Crippen LogP contribution is -2.11. The van der Waals surface area contributed by atoms with E-state index in [4.69, 9.17) is 5.11 Å². The number of fused-ring (bicyclic) bond motifs is 1. The molecule has 0 aromatic heterocycles. The van der Waals surface area contributed by atoms with Crippen LogP contribution < -0.4 is 0 Å². The fourth-order valence-electron chi connectivity index (χ4n) is 1.69. The van der Waals surface area contributed by atoms with Crippen molar-refractivity contribution in [2.75, 3.05) is 12.3 Å². The van der Waals surface area contributed by atoms with Crippen LogP contribution in [0.5, 0.6) is 0 Å². The number of aliphatic carboxylic acids is 1. The van der Waals surface area contributed by atoms with E-state index in [1.165, 1.54) is 23.9 Å². The predicted molar refractivity (Wildman–Crippen MR) is 66.2 cm³/mol. The van der Waals surface area contributed by atoms with E-state index < -0.39 is 5.97 Å². The highest BCUT2D eigenvalue weighted by Gasteiger charge is 2.15. The fraction of sp³-hybridized carbons (Fsp3) is 0.333. The van der Waals surface area contributed by atoms with Gasteiger partial charge in [0.05, 0.1) is 11.5 Å². The summed E-state index contributed by atoms with van der Waals surface area (Å²) in [6, 6.07) is 4.70. The third-order valence-electron chi connectivity index (χ3n) is 2.49. The Kier molecular flexibility index (Phi) is 3.78. The summed E-state index contributed by atoms with van der Waals surface area (Å²) in [5.41, 5.74) is 1.89. The van der Waals surface area contributed by atoms with Crippen LogP contribution in [0.15, 0.2) is 23.2 Å². The van der Waals surface area contributed by atoms with Crippen molar-refractivity contribution in [3.8, 4) is 0 Å². The molecule has 0 spiro atoms. The predicted octanol–water partition coefficient (Wildman–Crippen LogP) is 2.34. The van der Waals surface area contributed by atoms with Gasteiger partial charge in [-0.15, -0.1) is 11.8 Å². The summed E-state index contributed by atoms with van der Waals surface area (Å²) in [5, 5.41) is 9.33. The Morgan fingerprint density at radius 1 is 1.53 bits per heavy atom. The maximum Gasteiger partial charge on any atom is 0.304 e. The lowest BCUT2D eigenvalue weighted by molar-refractivity contribution is -0.136. The van der Waals surface area contributed by atoms with Gasteiger partial charge in [-0.05, 0) is 24.1 Å². The molecule has 2 rings (SSSR count). The minimum Gasteiger partial charge on any atom is -0.481 e. The third kappa shape index (κ3) is 3.06. The molecule has 0 fully saturated rings. The van der Waals surface area contributed by atoms with Gasteiger partial charge < -0.3 is 5.11 Å². The first-order valence-corrected chi connectivity index (χ1v) is 6.33. The maximum absolute atomic E-state index is 13.2. The summed E-state index contributed by atoms with van der Waals surface area (Å²) >= 11 is 1.38. The van der Waals surface area contributed by atoms with Gasteiger partial charge in [0.15, 0.2) is 0 Å². The fourth-order valence-corrected chi connectivity index (χ4v) is 2.69. The molecule has 1 aromatic rings. The van der Waals surface area contributed by atoms with Gasteiger partial charge in [-0.2, -0.15) is 0 Å². The van der Waals surface area contributed by atoms with Crippen molar-refractivity contribution < 1.29 is 14.3 Å². The van der Waals surface area contributed by atoms with Crippen LogP contribution in [0.25, 0.3) is 0 Å². The number of benzene rings is 1. The Bertz CT molecular complexity index is 474. The number of rotatable bonds is 3. The second-order valence-corrected chi connectivity index (χ2v) is 4.81. The zero-order chi connectivity index (χ0) is 12.3. The number of nitrogens with zero attached hydrogens (tertiary/aromatic N) is 1. The number of hydrogen-bond acceptors (Lipinski definition) is 3. The van der Waals surface area contributed by atoms with Crippen LogP contribution in [0, 0.1) is 5.82 Å². The molecule has 1 aromatic carbocycles. The van der Waals surface area contributed by atoms with Gasteiger partial charge in [-0.1, -0.05) is 6.07 Å². The van der Waals surface area contributed by atoms with Crippen LogP contribution >= 0.6 is 11.8 Å². The summed E-state index contributed by atoms with van der Waals surface area (Å²) < 4.78 is 13.2. The molecular formula is C12H12FNO2S. The number of aliphatic imine (C=N–C) groups is 1. The molecule has 0 saturated heterocycles. The van der Waals surface area contributed by atoms with E-state index in [-0.39, 0.29) is 12.2 Å². The van der Waals surface area contributed by atoms with Gasteiger partial charge in [-0.25, -0.2) is 4.39 Å². The van der Waals surface area contributed by atoms with Crippen LogP contribution in [-0.4, -0.2) is 28.4 Å². The molecule has 3 nitrogen and oxygen atoms in total. The topological polar surface area (TPSA) is 49.7 Å². The van der Waals surface area contributed by atoms with E-state index in [0.29, 0.717) is 12.3 Å². The number of hydrogen-bond donors (Lipinski definition) is 1. The van der Waals surface area contributed by atoms with Crippen LogP contribution in [-0.2, 0) is 11.2 Å². The van der Waals surface area contributed by atoms with E-state index in [1.807, 2.05) is 0 Å². The summed E-state index contributed by atoms with van der Waals surface area (Å²) in [6.07, 6.45) is 0.910. The largest absolute Gasteiger partial charge is 0.481 e. The molecule has 17 heavy (non-hydrogen) atoms. The molecule has 1 N–H and O–H groups in total. The van der Waals surface area contributed by atoms with Crippen molar-refractivity contribution in [1.29, 1.82) is 0 Å². The first-order chi connectivity index (χ1) is 8.16. The Hall–Kier alpha value is -1.36. The minimum atomic E-state index is -0.826. The van der Waals surface area contributed by atoms with Crippen LogP contribution in [0.3, 0.4) is 0 Å². The second kappa shape index (κ2) is 5.31. The average molecular weight is 253 g/mol. The summed E-state index contributed by atoms with van der Waals surface area (Å²) in [5.74, 6) is -0.644. The SMILES string of the molecule is O=C(O)CCSC1=NCCc2ccc(F)cc21. The second-order valence-electron chi connectivity index (χ2n) is 3.73. The van der Waals surface area contributed by atoms with E-state index in [2.05, 4.69) is 4.99 Å².